The van der Waals surface area contributed by atoms with E-state index in [2.05, 4.69) is 24.1 Å². The minimum atomic E-state index is 0.879. The molecule has 0 aromatic heterocycles. The second-order valence-electron chi connectivity index (χ2n) is 7.94. The molecule has 0 saturated carbocycles. The standard InChI is InChI=1S/C23H35N7/c1-26(2)22(27(3)4)24-18-14-10-12-16-20(18)30(9)21-17-13-11-15-19(21)25-23(28(5)6)29(7)8/h10-17H,1-9H3. The Morgan fingerprint density at radius 3 is 1.10 bits per heavy atom. The number of hydrogen-bond acceptors (Lipinski definition) is 3. The lowest BCUT2D eigenvalue weighted by Crippen LogP contribution is -2.35. The van der Waals surface area contributed by atoms with Gasteiger partial charge < -0.3 is 24.5 Å². The third-order valence-corrected chi connectivity index (χ3v) is 4.53. The van der Waals surface area contributed by atoms with Gasteiger partial charge in [-0.05, 0) is 24.3 Å². The monoisotopic (exact) mass is 409 g/mol. The lowest BCUT2D eigenvalue weighted by Gasteiger charge is -2.27. The van der Waals surface area contributed by atoms with Crippen molar-refractivity contribution in [1.29, 1.82) is 0 Å². The van der Waals surface area contributed by atoms with E-state index >= 15 is 0 Å². The summed E-state index contributed by atoms with van der Waals surface area (Å²) in [5, 5.41) is 0. The zero-order valence-electron chi connectivity index (χ0n) is 19.7. The minimum absolute atomic E-state index is 0.879. The maximum absolute atomic E-state index is 4.93. The molecule has 2 aromatic carbocycles. The van der Waals surface area contributed by atoms with Crippen LogP contribution in [0.4, 0.5) is 22.7 Å². The van der Waals surface area contributed by atoms with Crippen LogP contribution in [0, 0.1) is 0 Å². The lowest BCUT2D eigenvalue weighted by atomic mass is 10.2. The Bertz CT molecular complexity index is 804. The Balaban J connectivity index is 2.58. The number of hydrogen-bond donors (Lipinski definition) is 0. The lowest BCUT2D eigenvalue weighted by molar-refractivity contribution is 0.484. The summed E-state index contributed by atoms with van der Waals surface area (Å²) in [4.78, 5) is 20.0. The predicted molar refractivity (Wildman–Crippen MR) is 130 cm³/mol. The van der Waals surface area contributed by atoms with Gasteiger partial charge in [-0.3, -0.25) is 0 Å². The molecular formula is C23H35N7. The third kappa shape index (κ3) is 5.43. The summed E-state index contributed by atoms with van der Waals surface area (Å²) in [6.07, 6.45) is 0. The fourth-order valence-corrected chi connectivity index (χ4v) is 3.23. The largest absolute Gasteiger partial charge is 0.349 e. The summed E-state index contributed by atoms with van der Waals surface area (Å²) in [7, 11) is 18.0. The van der Waals surface area contributed by atoms with E-state index in [0.29, 0.717) is 0 Å². The van der Waals surface area contributed by atoms with Crippen LogP contribution in [0.15, 0.2) is 58.5 Å². The van der Waals surface area contributed by atoms with Crippen LogP contribution in [0.2, 0.25) is 0 Å². The van der Waals surface area contributed by atoms with Gasteiger partial charge in [-0.15, -0.1) is 0 Å². The minimum Gasteiger partial charge on any atom is -0.349 e. The molecule has 0 N–H and O–H groups in total. The van der Waals surface area contributed by atoms with Gasteiger partial charge in [0.25, 0.3) is 0 Å². The second-order valence-corrected chi connectivity index (χ2v) is 7.94. The molecule has 162 valence electrons. The van der Waals surface area contributed by atoms with Crippen LogP contribution in [0.1, 0.15) is 0 Å². The molecule has 0 unspecified atom stereocenters. The fraction of sp³-hybridized carbons (Fsp3) is 0.391. The van der Waals surface area contributed by atoms with Crippen molar-refractivity contribution < 1.29 is 0 Å². The van der Waals surface area contributed by atoms with E-state index in [9.17, 15) is 0 Å². The summed E-state index contributed by atoms with van der Waals surface area (Å²) >= 11 is 0. The van der Waals surface area contributed by atoms with Gasteiger partial charge in [0.1, 0.15) is 0 Å². The fourth-order valence-electron chi connectivity index (χ4n) is 3.23. The Kier molecular flexibility index (Phi) is 7.69. The molecule has 0 fully saturated rings. The molecule has 0 atom stereocenters. The summed E-state index contributed by atoms with van der Waals surface area (Å²) < 4.78 is 0. The topological polar surface area (TPSA) is 40.9 Å². The van der Waals surface area contributed by atoms with Crippen molar-refractivity contribution in [3.63, 3.8) is 0 Å². The molecule has 7 heteroatoms. The highest BCUT2D eigenvalue weighted by Gasteiger charge is 2.15. The Labute approximate surface area is 181 Å². The van der Waals surface area contributed by atoms with Gasteiger partial charge in [-0.2, -0.15) is 0 Å². The highest BCUT2D eigenvalue weighted by Crippen LogP contribution is 2.37. The molecule has 0 aliphatic carbocycles. The van der Waals surface area contributed by atoms with E-state index in [1.165, 1.54) is 0 Å². The summed E-state index contributed by atoms with van der Waals surface area (Å²) in [5.41, 5.74) is 3.82. The van der Waals surface area contributed by atoms with Crippen molar-refractivity contribution in [2.75, 3.05) is 68.3 Å². The molecule has 0 spiro atoms. The average Bonchev–Trinajstić information content (AvgIpc) is 2.69. The molecule has 0 aliphatic heterocycles. The number of nitrogens with zero attached hydrogens (tertiary/aromatic N) is 7. The smallest absolute Gasteiger partial charge is 0.200 e. The van der Waals surface area contributed by atoms with E-state index in [1.807, 2.05) is 112 Å². The van der Waals surface area contributed by atoms with Crippen molar-refractivity contribution in [1.82, 2.24) is 19.6 Å². The first-order chi connectivity index (χ1) is 14.1. The van der Waals surface area contributed by atoms with E-state index in [4.69, 9.17) is 9.98 Å². The zero-order valence-corrected chi connectivity index (χ0v) is 19.7. The van der Waals surface area contributed by atoms with Crippen LogP contribution in [0.3, 0.4) is 0 Å². The van der Waals surface area contributed by atoms with Crippen molar-refractivity contribution in [2.24, 2.45) is 9.98 Å². The van der Waals surface area contributed by atoms with Gasteiger partial charge in [0, 0.05) is 63.4 Å². The van der Waals surface area contributed by atoms with Gasteiger partial charge >= 0.3 is 0 Å². The second kappa shape index (κ2) is 10.0. The molecule has 0 radical (unpaired) electrons. The number of para-hydroxylation sites is 4. The molecule has 0 heterocycles. The van der Waals surface area contributed by atoms with Crippen LogP contribution in [-0.2, 0) is 0 Å². The average molecular weight is 410 g/mol. The van der Waals surface area contributed by atoms with E-state index in [1.54, 1.807) is 0 Å². The zero-order chi connectivity index (χ0) is 22.4. The number of benzene rings is 2. The molecule has 30 heavy (non-hydrogen) atoms. The Hall–Kier alpha value is -3.22. The highest BCUT2D eigenvalue weighted by atomic mass is 15.3. The van der Waals surface area contributed by atoms with E-state index < -0.39 is 0 Å². The first kappa shape index (κ1) is 23.1. The van der Waals surface area contributed by atoms with Gasteiger partial charge in [0.2, 0.25) is 11.9 Å². The van der Waals surface area contributed by atoms with Gasteiger partial charge in [0.05, 0.1) is 22.7 Å². The normalized spacial score (nSPS) is 10.2. The first-order valence-corrected chi connectivity index (χ1v) is 9.92. The van der Waals surface area contributed by atoms with Crippen molar-refractivity contribution in [3.05, 3.63) is 48.5 Å². The van der Waals surface area contributed by atoms with Gasteiger partial charge in [-0.1, -0.05) is 24.3 Å². The summed E-state index contributed by atoms with van der Waals surface area (Å²) in [5.74, 6) is 1.76. The molecular weight excluding hydrogens is 374 g/mol. The van der Waals surface area contributed by atoms with E-state index in [-0.39, 0.29) is 0 Å². The number of anilines is 2. The Morgan fingerprint density at radius 2 is 0.800 bits per heavy atom. The summed E-state index contributed by atoms with van der Waals surface area (Å²) in [6, 6.07) is 16.3. The molecule has 0 bridgehead atoms. The van der Waals surface area contributed by atoms with Crippen molar-refractivity contribution >= 4 is 34.7 Å². The van der Waals surface area contributed by atoms with Gasteiger partial charge in [-0.25, -0.2) is 9.98 Å². The van der Waals surface area contributed by atoms with Crippen LogP contribution >= 0.6 is 0 Å². The maximum Gasteiger partial charge on any atom is 0.200 e. The summed E-state index contributed by atoms with van der Waals surface area (Å²) in [6.45, 7) is 0. The predicted octanol–water partition coefficient (Wildman–Crippen LogP) is 3.68. The molecule has 0 saturated heterocycles. The van der Waals surface area contributed by atoms with Crippen LogP contribution in [-0.4, -0.2) is 94.9 Å². The quantitative estimate of drug-likeness (QED) is 0.569. The molecule has 2 rings (SSSR count). The highest BCUT2D eigenvalue weighted by molar-refractivity contribution is 5.89. The SMILES string of the molecule is CN(C)C(=Nc1ccccc1N(C)c1ccccc1N=C(N(C)C)N(C)C)N(C)C. The first-order valence-electron chi connectivity index (χ1n) is 9.92. The third-order valence-electron chi connectivity index (χ3n) is 4.53. The maximum atomic E-state index is 4.93. The van der Waals surface area contributed by atoms with Crippen LogP contribution < -0.4 is 4.90 Å². The van der Waals surface area contributed by atoms with Gasteiger partial charge in [0.15, 0.2) is 0 Å². The number of aliphatic imine (C=N–C) groups is 2. The molecule has 0 aliphatic rings. The molecule has 7 nitrogen and oxygen atoms in total. The molecule has 2 aromatic rings. The molecule has 0 amide bonds. The van der Waals surface area contributed by atoms with E-state index in [0.717, 1.165) is 34.7 Å². The number of rotatable bonds is 4. The van der Waals surface area contributed by atoms with Crippen molar-refractivity contribution in [2.45, 2.75) is 0 Å². The Morgan fingerprint density at radius 1 is 0.500 bits per heavy atom. The van der Waals surface area contributed by atoms with Crippen LogP contribution in [0.25, 0.3) is 0 Å². The number of guanidine groups is 2. The van der Waals surface area contributed by atoms with Crippen LogP contribution in [0.5, 0.6) is 0 Å². The van der Waals surface area contributed by atoms with Crippen molar-refractivity contribution in [3.8, 4) is 0 Å².